The molecule has 0 aromatic carbocycles. The van der Waals surface area contributed by atoms with Crippen LogP contribution in [0.4, 0.5) is 0 Å². The summed E-state index contributed by atoms with van der Waals surface area (Å²) in [6.45, 7) is 0.317. The highest BCUT2D eigenvalue weighted by Crippen LogP contribution is 2.41. The number of carbonyl (C=O) groups excluding carboxylic acids is 3. The standard InChI is InChI=1S/C73H131N3O31/c1-5-7-9-11-13-15-17-19-20-22-24-26-28-30-32-34-52(87)76-44(45(84)33-31-29-27-25-23-21-18-16-14-12-10-8-6-2)41-98-69-61(94)59(92)63(50(39-80)101-69)103-71-62(95)67(107-73(72(96)97)35-46(85)53(74-42(3)82)66(106-73)55(88)47(86)36-77)64(51(40-81)102-71)104-68-54(75-43(4)83)65(57(90)49(38-79)99-68)105-70-60(93)58(91)56(89)48(37-78)100-70/h31,33,44-51,53-71,77-81,84-86,88-95H,5-30,32,34-41H2,1-4H3,(H,74,82)(H,75,83)(H,76,87)(H,96,97)/b33-31+/t44-,45+,46-,47-,48+,49+,50+,51+,53+,54+,55-,56-,57-,58-,59+,60+,61+,62+,63+,64-,65+,66+,67+,68-,69+,70-,71-,73-/m0/s1. The van der Waals surface area contributed by atoms with Gasteiger partial charge in [-0.15, -0.1) is 0 Å². The van der Waals surface area contributed by atoms with Crippen molar-refractivity contribution < 1.29 is 153 Å². The van der Waals surface area contributed by atoms with Gasteiger partial charge in [-0.1, -0.05) is 180 Å². The lowest BCUT2D eigenvalue weighted by Gasteiger charge is -2.52. The number of aliphatic carboxylic acids is 1. The van der Waals surface area contributed by atoms with Crippen LogP contribution in [0.3, 0.4) is 0 Å². The van der Waals surface area contributed by atoms with Crippen molar-refractivity contribution in [2.45, 2.75) is 385 Å². The molecule has 5 aliphatic rings. The van der Waals surface area contributed by atoms with Crippen LogP contribution in [-0.2, 0) is 66.5 Å². The second kappa shape index (κ2) is 49.9. The van der Waals surface area contributed by atoms with Gasteiger partial charge in [0.05, 0.1) is 63.9 Å². The zero-order valence-electron chi connectivity index (χ0n) is 62.8. The van der Waals surface area contributed by atoms with Gasteiger partial charge in [-0.05, 0) is 19.3 Å². The molecule has 0 spiro atoms. The predicted molar refractivity (Wildman–Crippen MR) is 378 cm³/mol. The van der Waals surface area contributed by atoms with Gasteiger partial charge in [0.1, 0.15) is 116 Å². The summed E-state index contributed by atoms with van der Waals surface area (Å²) in [6.07, 6.45) is -16.8. The van der Waals surface area contributed by atoms with Crippen molar-refractivity contribution in [3.63, 3.8) is 0 Å². The van der Waals surface area contributed by atoms with E-state index in [1.807, 2.05) is 6.08 Å². The molecule has 5 fully saturated rings. The SMILES string of the molecule is CCCCCCCCCCCCC/C=C/[C@@H](O)[C@H](CO[C@@H]1O[C@H](CO)[C@@H](O[C@@H]2O[C@H](CO)[C@H](O[C@@H]3O[C@H](CO)[C@H](O)[C@H](O[C@@H]4O[C@H](CO)[C@H](O)[C@H](O)[C@H]4O)[C@H]3NC(C)=O)[C@H](O[C@]3(C(=O)O)C[C@H](O)[C@@H](NC(C)=O)[C@H]([C@@H](O)[C@@H](O)CO)O3)[C@H]2O)[C@H](O)[C@H]1O)NC(=O)CCCCCCCCCCCCCCCCC. The molecule has 28 atom stereocenters. The fourth-order valence-electron chi connectivity index (χ4n) is 14.3. The molecule has 107 heavy (non-hydrogen) atoms. The maximum absolute atomic E-state index is 13.8. The molecule has 0 bridgehead atoms. The minimum Gasteiger partial charge on any atom is -0.477 e. The summed E-state index contributed by atoms with van der Waals surface area (Å²) in [5.74, 6) is -7.71. The van der Waals surface area contributed by atoms with E-state index in [0.717, 1.165) is 71.6 Å². The van der Waals surface area contributed by atoms with Gasteiger partial charge in [-0.2, -0.15) is 0 Å². The molecule has 3 amide bonds. The average molecular weight is 1550 g/mol. The smallest absolute Gasteiger partial charge is 0.364 e. The molecule has 0 saturated carbocycles. The summed E-state index contributed by atoms with van der Waals surface area (Å²) >= 11 is 0. The summed E-state index contributed by atoms with van der Waals surface area (Å²) in [7, 11) is 0. The number of carbonyl (C=O) groups is 4. The Hall–Kier alpha value is -3.42. The lowest BCUT2D eigenvalue weighted by Crippen LogP contribution is -2.72. The van der Waals surface area contributed by atoms with Crippen molar-refractivity contribution in [1.82, 2.24) is 16.0 Å². The van der Waals surface area contributed by atoms with Crippen molar-refractivity contribution in [3.8, 4) is 0 Å². The van der Waals surface area contributed by atoms with Crippen LogP contribution in [-0.4, -0.2) is 321 Å². The van der Waals surface area contributed by atoms with Gasteiger partial charge < -0.3 is 150 Å². The Bertz CT molecular complexity index is 2500. The number of unbranched alkanes of at least 4 members (excludes halogenated alkanes) is 25. The molecule has 0 aromatic heterocycles. The van der Waals surface area contributed by atoms with Crippen LogP contribution in [0.5, 0.6) is 0 Å². The van der Waals surface area contributed by atoms with Crippen LogP contribution in [0.25, 0.3) is 0 Å². The molecule has 5 heterocycles. The lowest BCUT2D eigenvalue weighted by atomic mass is 9.88. The predicted octanol–water partition coefficient (Wildman–Crippen LogP) is -1.04. The molecule has 0 aliphatic carbocycles. The van der Waals surface area contributed by atoms with Gasteiger partial charge in [-0.3, -0.25) is 14.4 Å². The van der Waals surface area contributed by atoms with Crippen molar-refractivity contribution in [2.75, 3.05) is 39.6 Å². The summed E-state index contributed by atoms with van der Waals surface area (Å²) < 4.78 is 60.1. The topological polar surface area (TPSA) is 541 Å². The fourth-order valence-corrected chi connectivity index (χ4v) is 14.3. The molecule has 0 aromatic rings. The normalized spacial score (nSPS) is 34.6. The van der Waals surface area contributed by atoms with Crippen molar-refractivity contribution >= 4 is 23.7 Å². The Morgan fingerprint density at radius 2 is 0.925 bits per heavy atom. The number of hydrogen-bond acceptors (Lipinski definition) is 30. The number of rotatable bonds is 52. The molecule has 624 valence electrons. The molecule has 0 unspecified atom stereocenters. The highest BCUT2D eigenvalue weighted by molar-refractivity contribution is 5.77. The van der Waals surface area contributed by atoms with Gasteiger partial charge in [0, 0.05) is 26.7 Å². The van der Waals surface area contributed by atoms with Crippen molar-refractivity contribution in [2.24, 2.45) is 0 Å². The largest absolute Gasteiger partial charge is 0.477 e. The zero-order valence-corrected chi connectivity index (χ0v) is 62.8. The molecule has 5 aliphatic heterocycles. The minimum atomic E-state index is -3.38. The number of carboxylic acids is 1. The maximum Gasteiger partial charge on any atom is 0.364 e. The van der Waals surface area contributed by atoms with E-state index in [4.69, 9.17) is 47.4 Å². The summed E-state index contributed by atoms with van der Waals surface area (Å²) in [5, 5.41) is 197. The second-order valence-corrected chi connectivity index (χ2v) is 29.3. The van der Waals surface area contributed by atoms with Crippen LogP contribution < -0.4 is 16.0 Å². The van der Waals surface area contributed by atoms with Crippen LogP contribution >= 0.6 is 0 Å². The monoisotopic (exact) mass is 1550 g/mol. The molecule has 5 saturated heterocycles. The fraction of sp³-hybridized carbons (Fsp3) is 0.918. The second-order valence-electron chi connectivity index (χ2n) is 29.3. The first-order valence-corrected chi connectivity index (χ1v) is 39.1. The van der Waals surface area contributed by atoms with E-state index in [0.29, 0.717) is 12.8 Å². The third-order valence-corrected chi connectivity index (χ3v) is 20.6. The van der Waals surface area contributed by atoms with Gasteiger partial charge >= 0.3 is 5.97 Å². The minimum absolute atomic E-state index is 0.135. The van der Waals surface area contributed by atoms with Gasteiger partial charge in [0.15, 0.2) is 25.2 Å². The van der Waals surface area contributed by atoms with Crippen LogP contribution in [0.15, 0.2) is 12.2 Å². The van der Waals surface area contributed by atoms with E-state index in [-0.39, 0.29) is 12.3 Å². The zero-order chi connectivity index (χ0) is 78.8. The van der Waals surface area contributed by atoms with E-state index < -0.39 is 235 Å². The first-order chi connectivity index (χ1) is 51.3. The summed E-state index contributed by atoms with van der Waals surface area (Å²) in [4.78, 5) is 53.0. The van der Waals surface area contributed by atoms with Crippen LogP contribution in [0, 0.1) is 0 Å². The Morgan fingerprint density at radius 1 is 0.486 bits per heavy atom. The van der Waals surface area contributed by atoms with Crippen molar-refractivity contribution in [1.29, 1.82) is 0 Å². The number of aliphatic hydroxyl groups excluding tert-OH is 16. The number of carboxylic acid groups (broad SMARTS) is 1. The number of ether oxygens (including phenoxy) is 10. The molecule has 34 heteroatoms. The van der Waals surface area contributed by atoms with Gasteiger partial charge in [0.2, 0.25) is 17.7 Å². The quantitative estimate of drug-likeness (QED) is 0.0255. The molecule has 5 rings (SSSR count). The molecule has 20 N–H and O–H groups in total. The van der Waals surface area contributed by atoms with Crippen LogP contribution in [0.2, 0.25) is 0 Å². The number of allylic oxidation sites excluding steroid dienone is 1. The van der Waals surface area contributed by atoms with Crippen molar-refractivity contribution in [3.05, 3.63) is 12.2 Å². The Morgan fingerprint density at radius 3 is 1.44 bits per heavy atom. The Balaban J connectivity index is 1.40. The van der Waals surface area contributed by atoms with Crippen LogP contribution in [0.1, 0.15) is 214 Å². The molecule has 34 nitrogen and oxygen atoms in total. The van der Waals surface area contributed by atoms with E-state index in [9.17, 15) is 106 Å². The summed E-state index contributed by atoms with van der Waals surface area (Å²) in [6, 6.07) is -4.81. The van der Waals surface area contributed by atoms with Gasteiger partial charge in [0.25, 0.3) is 5.79 Å². The molecule has 0 radical (unpaired) electrons. The molecular formula is C73H131N3O31. The van der Waals surface area contributed by atoms with E-state index in [1.165, 1.54) is 103 Å². The third kappa shape index (κ3) is 29.2. The van der Waals surface area contributed by atoms with Gasteiger partial charge in [-0.25, -0.2) is 4.79 Å². The molecular weight excluding hydrogens is 1410 g/mol. The highest BCUT2D eigenvalue weighted by Gasteiger charge is 2.62. The highest BCUT2D eigenvalue weighted by atomic mass is 16.8. The first kappa shape index (κ1) is 94.2. The number of amides is 3. The third-order valence-electron chi connectivity index (χ3n) is 20.6. The first-order valence-electron chi connectivity index (χ1n) is 39.1. The van der Waals surface area contributed by atoms with E-state index >= 15 is 0 Å². The lowest BCUT2D eigenvalue weighted by molar-refractivity contribution is -0.403. The Labute approximate surface area is 627 Å². The number of hydrogen-bond donors (Lipinski definition) is 20. The maximum atomic E-state index is 13.8. The summed E-state index contributed by atoms with van der Waals surface area (Å²) in [5.41, 5.74) is 0. The van der Waals surface area contributed by atoms with E-state index in [2.05, 4.69) is 29.8 Å². The average Bonchev–Trinajstić information content (AvgIpc) is 0.750. The van der Waals surface area contributed by atoms with E-state index in [1.54, 1.807) is 6.08 Å². The number of aliphatic hydroxyl groups is 16. The number of nitrogens with one attached hydrogen (secondary N) is 3. The Kier molecular flexibility index (Phi) is 44.0.